The van der Waals surface area contributed by atoms with Crippen LogP contribution in [0.3, 0.4) is 0 Å². The van der Waals surface area contributed by atoms with E-state index >= 15 is 0 Å². The first-order valence-corrected chi connectivity index (χ1v) is 12.9. The molecular formula is C21H29ClN2O5S. The van der Waals surface area contributed by atoms with Crippen molar-refractivity contribution in [3.05, 3.63) is 28.8 Å². The molecule has 7 nitrogen and oxygen atoms in total. The van der Waals surface area contributed by atoms with Crippen LogP contribution in [0.25, 0.3) is 0 Å². The molecule has 2 unspecified atom stereocenters. The molecule has 0 radical (unpaired) electrons. The van der Waals surface area contributed by atoms with Crippen LogP contribution < -0.4 is 9.46 Å². The Morgan fingerprint density at radius 2 is 1.93 bits per heavy atom. The molecule has 166 valence electrons. The molecule has 1 N–H and O–H groups in total. The van der Waals surface area contributed by atoms with Gasteiger partial charge in [-0.2, -0.15) is 0 Å². The molecule has 1 amide bonds. The Morgan fingerprint density at radius 1 is 1.17 bits per heavy atom. The van der Waals surface area contributed by atoms with Gasteiger partial charge in [-0.3, -0.25) is 4.79 Å². The molecule has 4 aliphatic rings. The molecule has 3 heterocycles. The van der Waals surface area contributed by atoms with E-state index in [4.69, 9.17) is 21.1 Å². The summed E-state index contributed by atoms with van der Waals surface area (Å²) in [4.78, 5) is 14.8. The Morgan fingerprint density at radius 3 is 2.67 bits per heavy atom. The van der Waals surface area contributed by atoms with Crippen molar-refractivity contribution in [1.82, 2.24) is 9.62 Å². The highest BCUT2D eigenvalue weighted by Gasteiger charge is 2.37. The third-order valence-corrected chi connectivity index (χ3v) is 7.37. The number of ether oxygens (including phenoxy) is 2. The highest BCUT2D eigenvalue weighted by molar-refractivity contribution is 7.88. The number of piperidine rings is 1. The molecule has 1 saturated heterocycles. The van der Waals surface area contributed by atoms with Gasteiger partial charge in [-0.1, -0.05) is 11.6 Å². The van der Waals surface area contributed by atoms with Crippen LogP contribution in [0, 0.1) is 0 Å². The lowest BCUT2D eigenvalue weighted by molar-refractivity contribution is -0.140. The number of rotatable bonds is 2. The van der Waals surface area contributed by atoms with Gasteiger partial charge in [-0.05, 0) is 68.2 Å². The Hall–Kier alpha value is -1.35. The second-order valence-corrected chi connectivity index (χ2v) is 10.8. The van der Waals surface area contributed by atoms with Crippen molar-refractivity contribution in [3.63, 3.8) is 0 Å². The van der Waals surface area contributed by atoms with Gasteiger partial charge in [0, 0.05) is 17.6 Å². The van der Waals surface area contributed by atoms with E-state index in [0.717, 1.165) is 43.9 Å². The summed E-state index contributed by atoms with van der Waals surface area (Å²) in [6, 6.07) is 4.88. The number of fused-ring (bicyclic) bond motifs is 5. The molecule has 3 aliphatic heterocycles. The van der Waals surface area contributed by atoms with E-state index in [2.05, 4.69) is 4.72 Å². The number of sulfonamides is 1. The summed E-state index contributed by atoms with van der Waals surface area (Å²) >= 11 is 6.24. The van der Waals surface area contributed by atoms with Crippen molar-refractivity contribution in [2.45, 2.75) is 62.6 Å². The molecular weight excluding hydrogens is 428 g/mol. The fraction of sp³-hybridized carbons (Fsp3) is 0.667. The molecule has 2 bridgehead atoms. The summed E-state index contributed by atoms with van der Waals surface area (Å²) < 4.78 is 38.7. The molecule has 2 fully saturated rings. The van der Waals surface area contributed by atoms with Gasteiger partial charge in [-0.25, -0.2) is 13.1 Å². The van der Waals surface area contributed by atoms with E-state index in [1.807, 2.05) is 12.1 Å². The summed E-state index contributed by atoms with van der Waals surface area (Å²) in [6.45, 7) is 0.804. The fourth-order valence-electron chi connectivity index (χ4n) is 4.95. The Balaban J connectivity index is 1.62. The average molecular weight is 457 g/mol. The topological polar surface area (TPSA) is 84.9 Å². The van der Waals surface area contributed by atoms with Gasteiger partial charge in [0.05, 0.1) is 25.0 Å². The van der Waals surface area contributed by atoms with Gasteiger partial charge in [0.15, 0.2) is 6.61 Å². The third-order valence-electron chi connectivity index (χ3n) is 6.40. The lowest BCUT2D eigenvalue weighted by Gasteiger charge is -2.41. The summed E-state index contributed by atoms with van der Waals surface area (Å²) in [5.74, 6) is 0.878. The van der Waals surface area contributed by atoms with E-state index in [0.29, 0.717) is 36.3 Å². The zero-order chi connectivity index (χ0) is 21.3. The standard InChI is InChI=1S/C21H29ClN2O5S/c1-30(26,27)23-18-3-2-10-24-19(18)12-28-16-7-4-14(5-8-16)17-11-15(22)6-9-20(17)29-13-21(24)25/h6,9,11,14,16,18-19,23H,2-5,7-8,10,12-13H2,1H3. The van der Waals surface area contributed by atoms with Crippen molar-refractivity contribution in [1.29, 1.82) is 0 Å². The van der Waals surface area contributed by atoms with Gasteiger partial charge < -0.3 is 14.4 Å². The number of hydrogen-bond donors (Lipinski definition) is 1. The number of nitrogens with one attached hydrogen (secondary N) is 1. The predicted molar refractivity (Wildman–Crippen MR) is 114 cm³/mol. The van der Waals surface area contributed by atoms with E-state index in [1.165, 1.54) is 0 Å². The lowest BCUT2D eigenvalue weighted by Crippen LogP contribution is -2.59. The Kier molecular flexibility index (Phi) is 6.58. The molecule has 5 rings (SSSR count). The summed E-state index contributed by atoms with van der Waals surface area (Å²) in [5, 5.41) is 0.664. The van der Waals surface area contributed by atoms with Crippen LogP contribution in [0.15, 0.2) is 18.2 Å². The fourth-order valence-corrected chi connectivity index (χ4v) is 5.96. The van der Waals surface area contributed by atoms with Crippen LogP contribution in [0.5, 0.6) is 5.75 Å². The van der Waals surface area contributed by atoms with Crippen LogP contribution in [0.1, 0.15) is 50.0 Å². The van der Waals surface area contributed by atoms with E-state index in [1.54, 1.807) is 11.0 Å². The zero-order valence-corrected chi connectivity index (χ0v) is 18.8. The number of amides is 1. The van der Waals surface area contributed by atoms with E-state index in [9.17, 15) is 13.2 Å². The zero-order valence-electron chi connectivity index (χ0n) is 17.2. The lowest BCUT2D eigenvalue weighted by atomic mass is 9.82. The van der Waals surface area contributed by atoms with Gasteiger partial charge in [0.1, 0.15) is 5.75 Å². The second-order valence-electron chi connectivity index (χ2n) is 8.57. The van der Waals surface area contributed by atoms with Crippen LogP contribution in [0.2, 0.25) is 5.02 Å². The molecule has 0 spiro atoms. The number of halogens is 1. The third kappa shape index (κ3) is 5.10. The van der Waals surface area contributed by atoms with Crippen LogP contribution in [-0.2, 0) is 19.6 Å². The first-order chi connectivity index (χ1) is 14.3. The van der Waals surface area contributed by atoms with Crippen molar-refractivity contribution in [3.8, 4) is 5.75 Å². The molecule has 30 heavy (non-hydrogen) atoms. The number of benzene rings is 1. The Bertz CT molecular complexity index is 885. The summed E-state index contributed by atoms with van der Waals surface area (Å²) in [7, 11) is -3.39. The highest BCUT2D eigenvalue weighted by atomic mass is 35.5. The van der Waals surface area contributed by atoms with Crippen molar-refractivity contribution < 1.29 is 22.7 Å². The van der Waals surface area contributed by atoms with Gasteiger partial charge in [-0.15, -0.1) is 0 Å². The monoisotopic (exact) mass is 456 g/mol. The van der Waals surface area contributed by atoms with Crippen LogP contribution >= 0.6 is 11.6 Å². The molecule has 0 aromatic heterocycles. The summed E-state index contributed by atoms with van der Waals surface area (Å²) in [5.41, 5.74) is 1.06. The maximum Gasteiger partial charge on any atom is 0.260 e. The predicted octanol–water partition coefficient (Wildman–Crippen LogP) is 2.68. The molecule has 1 aliphatic carbocycles. The molecule has 2 atom stereocenters. The molecule has 1 aromatic rings. The quantitative estimate of drug-likeness (QED) is 0.739. The second kappa shape index (κ2) is 9.02. The van der Waals surface area contributed by atoms with Crippen molar-refractivity contribution >= 4 is 27.5 Å². The van der Waals surface area contributed by atoms with Crippen molar-refractivity contribution in [2.75, 3.05) is 26.0 Å². The number of carbonyl (C=O) groups excluding carboxylic acids is 1. The van der Waals surface area contributed by atoms with Gasteiger partial charge >= 0.3 is 0 Å². The first-order valence-electron chi connectivity index (χ1n) is 10.6. The molecule has 1 saturated carbocycles. The number of nitrogens with zero attached hydrogens (tertiary/aromatic N) is 1. The molecule has 1 aromatic carbocycles. The number of carbonyl (C=O) groups is 1. The highest BCUT2D eigenvalue weighted by Crippen LogP contribution is 2.40. The van der Waals surface area contributed by atoms with E-state index < -0.39 is 10.0 Å². The Labute approximate surface area is 183 Å². The summed E-state index contributed by atoms with van der Waals surface area (Å²) in [6.07, 6.45) is 6.45. The first kappa shape index (κ1) is 21.9. The van der Waals surface area contributed by atoms with Gasteiger partial charge in [0.2, 0.25) is 10.0 Å². The normalized spacial score (nSPS) is 30.3. The van der Waals surface area contributed by atoms with Crippen LogP contribution in [0.4, 0.5) is 0 Å². The van der Waals surface area contributed by atoms with Crippen molar-refractivity contribution in [2.24, 2.45) is 0 Å². The maximum atomic E-state index is 13.1. The van der Waals surface area contributed by atoms with Crippen LogP contribution in [-0.4, -0.2) is 63.4 Å². The maximum absolute atomic E-state index is 13.1. The SMILES string of the molecule is CS(=O)(=O)NC1CCCN2C(=O)COc3ccc(Cl)cc3C3CCC(CC3)OCC12. The number of hydrogen-bond acceptors (Lipinski definition) is 5. The molecule has 9 heteroatoms. The van der Waals surface area contributed by atoms with Gasteiger partial charge in [0.25, 0.3) is 5.91 Å². The minimum atomic E-state index is -3.39. The largest absolute Gasteiger partial charge is 0.483 e. The smallest absolute Gasteiger partial charge is 0.260 e. The van der Waals surface area contributed by atoms with E-state index in [-0.39, 0.29) is 30.7 Å². The minimum Gasteiger partial charge on any atom is -0.483 e. The average Bonchev–Trinajstić information content (AvgIpc) is 2.71. The minimum absolute atomic E-state index is 0.0904.